The lowest BCUT2D eigenvalue weighted by atomic mass is 9.83. The van der Waals surface area contributed by atoms with Crippen molar-refractivity contribution in [3.05, 3.63) is 125 Å². The molecule has 44 heavy (non-hydrogen) atoms. The number of pyridine rings is 5. The summed E-state index contributed by atoms with van der Waals surface area (Å²) in [5, 5.41) is 2.19. The molecular weight excluding hydrogens is 538 g/mol. The van der Waals surface area contributed by atoms with Crippen LogP contribution in [0.4, 0.5) is 0 Å². The third-order valence-corrected chi connectivity index (χ3v) is 9.21. The molecule has 6 aromatic rings. The van der Waals surface area contributed by atoms with E-state index in [1.165, 1.54) is 27.8 Å². The van der Waals surface area contributed by atoms with Crippen LogP contribution in [0.15, 0.2) is 97.4 Å². The van der Waals surface area contributed by atoms with E-state index in [0.717, 1.165) is 100 Å². The fraction of sp³-hybridized carbons (Fsp3) is 0.154. The summed E-state index contributed by atoms with van der Waals surface area (Å²) < 4.78 is 0. The minimum absolute atomic E-state index is 0.899. The predicted molar refractivity (Wildman–Crippen MR) is 178 cm³/mol. The molecule has 3 aliphatic rings. The smallest absolute Gasteiger partial charge is 0.0972 e. The van der Waals surface area contributed by atoms with Crippen molar-refractivity contribution in [2.24, 2.45) is 0 Å². The van der Waals surface area contributed by atoms with Crippen molar-refractivity contribution in [3.63, 3.8) is 0 Å². The second-order valence-electron chi connectivity index (χ2n) is 11.8. The Hall–Kier alpha value is -5.29. The Labute approximate surface area is 255 Å². The van der Waals surface area contributed by atoms with Gasteiger partial charge in [-0.2, -0.15) is 0 Å². The van der Waals surface area contributed by atoms with Gasteiger partial charge < -0.3 is 0 Å². The minimum Gasteiger partial charge on any atom is -0.256 e. The van der Waals surface area contributed by atoms with Gasteiger partial charge in [-0.05, 0) is 97.2 Å². The zero-order chi connectivity index (χ0) is 29.0. The standard InChI is InChI=1S/C39H29N5/c1-2-7-24(8-3-1)31-19-15-26-12-13-27-16-20-32(43-38(27)37(26)42-31)28-17-21-34(41-23-28)35-29-10-4-5-11-33(29)44-39-30(35)18-14-25-9-6-22-40-36(25)39/h1-2,5-7,9,11-13,15-17,19-23H,3-4,8,10,14,18H2. The van der Waals surface area contributed by atoms with Crippen LogP contribution in [0, 0.1) is 0 Å². The van der Waals surface area contributed by atoms with Gasteiger partial charge in [-0.1, -0.05) is 54.6 Å². The largest absolute Gasteiger partial charge is 0.256 e. The Morgan fingerprint density at radius 1 is 0.591 bits per heavy atom. The fourth-order valence-corrected chi connectivity index (χ4v) is 6.98. The highest BCUT2D eigenvalue weighted by Gasteiger charge is 2.27. The number of aromatic nitrogens is 5. The summed E-state index contributed by atoms with van der Waals surface area (Å²) in [6.07, 6.45) is 20.7. The van der Waals surface area contributed by atoms with E-state index in [4.69, 9.17) is 24.9 Å². The van der Waals surface area contributed by atoms with E-state index in [2.05, 4.69) is 85.0 Å². The highest BCUT2D eigenvalue weighted by molar-refractivity contribution is 6.04. The molecule has 210 valence electrons. The van der Waals surface area contributed by atoms with Gasteiger partial charge in [0.15, 0.2) is 0 Å². The van der Waals surface area contributed by atoms with Gasteiger partial charge >= 0.3 is 0 Å². The van der Waals surface area contributed by atoms with Crippen molar-refractivity contribution in [2.75, 3.05) is 0 Å². The molecule has 1 aromatic carbocycles. The summed E-state index contributed by atoms with van der Waals surface area (Å²) in [5.74, 6) is 0. The van der Waals surface area contributed by atoms with Crippen molar-refractivity contribution in [1.82, 2.24) is 24.9 Å². The number of rotatable bonds is 3. The van der Waals surface area contributed by atoms with Crippen LogP contribution >= 0.6 is 0 Å². The number of fused-ring (bicyclic) bond motifs is 7. The van der Waals surface area contributed by atoms with Crippen LogP contribution in [0.2, 0.25) is 0 Å². The maximum atomic E-state index is 5.16. The Balaban J connectivity index is 1.15. The summed E-state index contributed by atoms with van der Waals surface area (Å²) in [4.78, 5) is 25.2. The maximum Gasteiger partial charge on any atom is 0.0972 e. The van der Waals surface area contributed by atoms with Crippen molar-refractivity contribution in [2.45, 2.75) is 38.5 Å². The lowest BCUT2D eigenvalue weighted by Crippen LogP contribution is -2.14. The number of benzene rings is 1. The number of hydrogen-bond acceptors (Lipinski definition) is 5. The fourth-order valence-electron chi connectivity index (χ4n) is 6.98. The highest BCUT2D eigenvalue weighted by Crippen LogP contribution is 2.41. The van der Waals surface area contributed by atoms with Gasteiger partial charge in [0.1, 0.15) is 0 Å². The summed E-state index contributed by atoms with van der Waals surface area (Å²) in [7, 11) is 0. The molecule has 0 saturated heterocycles. The van der Waals surface area contributed by atoms with Crippen LogP contribution < -0.4 is 0 Å². The molecule has 5 heterocycles. The molecular formula is C39H29N5. The average Bonchev–Trinajstić information content (AvgIpc) is 3.10. The van der Waals surface area contributed by atoms with Crippen LogP contribution in [0.25, 0.3) is 67.4 Å². The van der Waals surface area contributed by atoms with Gasteiger partial charge in [0.05, 0.1) is 45.2 Å². The molecule has 0 saturated carbocycles. The topological polar surface area (TPSA) is 64.5 Å². The molecule has 0 N–H and O–H groups in total. The van der Waals surface area contributed by atoms with Crippen LogP contribution in [-0.4, -0.2) is 24.9 Å². The summed E-state index contributed by atoms with van der Waals surface area (Å²) >= 11 is 0. The molecule has 0 spiro atoms. The Morgan fingerprint density at radius 3 is 2.20 bits per heavy atom. The van der Waals surface area contributed by atoms with Gasteiger partial charge in [0, 0.05) is 34.3 Å². The first-order valence-corrected chi connectivity index (χ1v) is 15.5. The first kappa shape index (κ1) is 25.2. The van der Waals surface area contributed by atoms with Crippen LogP contribution in [0.1, 0.15) is 47.3 Å². The van der Waals surface area contributed by atoms with Gasteiger partial charge in [-0.3, -0.25) is 9.97 Å². The Bertz CT molecular complexity index is 2220. The molecule has 0 aliphatic heterocycles. The van der Waals surface area contributed by atoms with Gasteiger partial charge in [-0.25, -0.2) is 15.0 Å². The molecule has 9 rings (SSSR count). The Kier molecular flexibility index (Phi) is 5.83. The molecule has 0 bridgehead atoms. The molecule has 0 amide bonds. The average molecular weight is 568 g/mol. The van der Waals surface area contributed by atoms with Gasteiger partial charge in [0.25, 0.3) is 0 Å². The second-order valence-corrected chi connectivity index (χ2v) is 11.8. The molecule has 5 heteroatoms. The van der Waals surface area contributed by atoms with E-state index < -0.39 is 0 Å². The van der Waals surface area contributed by atoms with E-state index in [-0.39, 0.29) is 0 Å². The molecule has 5 aromatic heterocycles. The van der Waals surface area contributed by atoms with Crippen molar-refractivity contribution in [1.29, 1.82) is 0 Å². The van der Waals surface area contributed by atoms with Crippen molar-refractivity contribution in [3.8, 4) is 33.9 Å². The van der Waals surface area contributed by atoms with Crippen LogP contribution in [0.3, 0.4) is 0 Å². The van der Waals surface area contributed by atoms with Gasteiger partial charge in [0.2, 0.25) is 0 Å². The van der Waals surface area contributed by atoms with Crippen LogP contribution in [-0.2, 0) is 19.3 Å². The SMILES string of the molecule is C1=CCCC(c2ccc3ccc4ccc(-c5ccc(-c6c7c(nc8c6CCc6cccnc6-8)C=CCC7)nc5)nc4c3n2)=C1. The number of hydrogen-bond donors (Lipinski definition) is 0. The molecule has 0 atom stereocenters. The maximum absolute atomic E-state index is 5.16. The third kappa shape index (κ3) is 4.11. The van der Waals surface area contributed by atoms with E-state index >= 15 is 0 Å². The monoisotopic (exact) mass is 567 g/mol. The number of aryl methyl sites for hydroxylation is 1. The van der Waals surface area contributed by atoms with Crippen LogP contribution in [0.5, 0.6) is 0 Å². The molecule has 0 unspecified atom stereocenters. The molecule has 0 fully saturated rings. The Morgan fingerprint density at radius 2 is 1.39 bits per heavy atom. The van der Waals surface area contributed by atoms with Gasteiger partial charge in [-0.15, -0.1) is 0 Å². The minimum atomic E-state index is 0.899. The summed E-state index contributed by atoms with van der Waals surface area (Å²) in [6.45, 7) is 0. The normalized spacial score (nSPS) is 15.1. The molecule has 3 aliphatic carbocycles. The highest BCUT2D eigenvalue weighted by atomic mass is 14.8. The van der Waals surface area contributed by atoms with Crippen molar-refractivity contribution < 1.29 is 0 Å². The lowest BCUT2D eigenvalue weighted by molar-refractivity contribution is 0.889. The number of allylic oxidation sites excluding steroid dienone is 5. The van der Waals surface area contributed by atoms with E-state index in [9.17, 15) is 0 Å². The molecule has 5 nitrogen and oxygen atoms in total. The van der Waals surface area contributed by atoms with E-state index in [1.807, 2.05) is 18.5 Å². The zero-order valence-electron chi connectivity index (χ0n) is 24.3. The van der Waals surface area contributed by atoms with E-state index in [0.29, 0.717) is 0 Å². The third-order valence-electron chi connectivity index (χ3n) is 9.21. The quantitative estimate of drug-likeness (QED) is 0.200. The predicted octanol–water partition coefficient (Wildman–Crippen LogP) is 8.76. The van der Waals surface area contributed by atoms with E-state index in [1.54, 1.807) is 0 Å². The first-order valence-electron chi connectivity index (χ1n) is 15.5. The van der Waals surface area contributed by atoms with Crippen molar-refractivity contribution >= 4 is 33.5 Å². The second kappa shape index (κ2) is 10.2. The zero-order valence-corrected chi connectivity index (χ0v) is 24.3. The summed E-state index contributed by atoms with van der Waals surface area (Å²) in [5.41, 5.74) is 15.2. The first-order chi connectivity index (χ1) is 21.8. The molecule has 0 radical (unpaired) electrons. The summed E-state index contributed by atoms with van der Waals surface area (Å²) in [6, 6.07) is 21.3. The number of nitrogens with zero attached hydrogens (tertiary/aromatic N) is 5. The lowest BCUT2D eigenvalue weighted by Gasteiger charge is -2.25.